The van der Waals surface area contributed by atoms with Gasteiger partial charge in [-0.25, -0.2) is 0 Å². The van der Waals surface area contributed by atoms with Gasteiger partial charge in [-0.05, 0) is 0 Å². The van der Waals surface area contributed by atoms with Gasteiger partial charge in [-0.1, -0.05) is 0 Å². The molecule has 0 spiro atoms. The number of ether oxygens (including phenoxy) is 1. The van der Waals surface area contributed by atoms with Gasteiger partial charge < -0.3 is 0 Å². The maximum atomic E-state index is 4.96. The van der Waals surface area contributed by atoms with Gasteiger partial charge in [-0.3, -0.25) is 0 Å². The summed E-state index contributed by atoms with van der Waals surface area (Å²) >= 11 is 4.00. The van der Waals surface area contributed by atoms with Gasteiger partial charge >= 0.3 is 66.9 Å². The van der Waals surface area contributed by atoms with Gasteiger partial charge in [0.05, 0.1) is 0 Å². The minimum absolute atomic E-state index is 0.800. The molecule has 0 fully saturated rings. The van der Waals surface area contributed by atoms with Crippen LogP contribution >= 0.6 is 0 Å². The number of hydrogen-bond acceptors (Lipinski definition) is 2. The van der Waals surface area contributed by atoms with Crippen molar-refractivity contribution in [3.63, 3.8) is 0 Å². The molecule has 0 amide bonds. The standard InChI is InChI=1S/C7H7NO.Co/c1-6-5-7(9-2)3-4-8-6;/h1,3-5H,2H3;. The minimum atomic E-state index is 0.800. The van der Waals surface area contributed by atoms with Crippen LogP contribution in [0.15, 0.2) is 18.3 Å². The van der Waals surface area contributed by atoms with Gasteiger partial charge in [-0.15, -0.1) is 0 Å². The van der Waals surface area contributed by atoms with E-state index in [1.165, 1.54) is 0 Å². The fourth-order valence-corrected chi connectivity index (χ4v) is 0.772. The molecule has 1 aromatic rings. The summed E-state index contributed by atoms with van der Waals surface area (Å²) in [4.78, 5) is 5.61. The summed E-state index contributed by atoms with van der Waals surface area (Å²) in [5, 5.41) is 0. The quantitative estimate of drug-likeness (QED) is 0.671. The summed E-state index contributed by atoms with van der Waals surface area (Å²) in [6.45, 7) is 0. The number of methoxy groups -OCH3 is 1. The van der Waals surface area contributed by atoms with E-state index in [9.17, 15) is 0 Å². The Hall–Kier alpha value is -0.674. The van der Waals surface area contributed by atoms with Crippen molar-refractivity contribution in [3.8, 4) is 5.75 Å². The van der Waals surface area contributed by atoms with Crippen LogP contribution in [-0.2, 0) is 15.3 Å². The summed E-state index contributed by atoms with van der Waals surface area (Å²) in [5.41, 5.74) is 0.805. The first-order chi connectivity index (χ1) is 4.86. The third kappa shape index (κ3) is 1.65. The molecule has 1 aromatic heterocycles. The zero-order valence-electron chi connectivity index (χ0n) is 5.50. The Morgan fingerprint density at radius 3 is 3.10 bits per heavy atom. The van der Waals surface area contributed by atoms with Gasteiger partial charge in [0.25, 0.3) is 0 Å². The average Bonchev–Trinajstić information content (AvgIpc) is 2.05. The third-order valence-corrected chi connectivity index (χ3v) is 1.39. The van der Waals surface area contributed by atoms with Crippen LogP contribution in [0, 0.1) is 0 Å². The second-order valence-electron chi connectivity index (χ2n) is 1.72. The zero-order valence-corrected chi connectivity index (χ0v) is 6.54. The van der Waals surface area contributed by atoms with Crippen molar-refractivity contribution in [1.29, 1.82) is 0 Å². The van der Waals surface area contributed by atoms with Crippen molar-refractivity contribution in [1.82, 2.24) is 4.98 Å². The number of rotatable bonds is 2. The second-order valence-corrected chi connectivity index (χ2v) is 2.02. The van der Waals surface area contributed by atoms with Crippen molar-refractivity contribution >= 4 is 4.96 Å². The second kappa shape index (κ2) is 3.48. The number of hydrogen-bond donors (Lipinski definition) is 0. The van der Waals surface area contributed by atoms with Crippen LogP contribution in [0.3, 0.4) is 0 Å². The van der Waals surface area contributed by atoms with Crippen LogP contribution in [0.25, 0.3) is 0 Å². The molecule has 10 heavy (non-hydrogen) atoms. The van der Waals surface area contributed by atoms with E-state index in [0.717, 1.165) is 11.4 Å². The Morgan fingerprint density at radius 1 is 1.70 bits per heavy atom. The molecule has 0 saturated heterocycles. The van der Waals surface area contributed by atoms with Gasteiger partial charge in [0.2, 0.25) is 0 Å². The molecule has 0 aliphatic heterocycles. The molecule has 0 N–H and O–H groups in total. The molecule has 0 aromatic carbocycles. The Kier molecular flexibility index (Phi) is 2.59. The van der Waals surface area contributed by atoms with Gasteiger partial charge in [-0.2, -0.15) is 0 Å². The first-order valence-corrected chi connectivity index (χ1v) is 3.38. The van der Waals surface area contributed by atoms with Gasteiger partial charge in [0, 0.05) is 0 Å². The van der Waals surface area contributed by atoms with Crippen LogP contribution < -0.4 is 4.74 Å². The van der Waals surface area contributed by atoms with Crippen LogP contribution in [0.4, 0.5) is 0 Å². The normalized spacial score (nSPS) is 9.00. The van der Waals surface area contributed by atoms with E-state index in [2.05, 4.69) is 20.3 Å². The summed E-state index contributed by atoms with van der Waals surface area (Å²) in [5.74, 6) is 0.800. The molecule has 3 heteroatoms. The number of aromatic nitrogens is 1. The van der Waals surface area contributed by atoms with Crippen LogP contribution in [0.1, 0.15) is 5.69 Å². The Morgan fingerprint density at radius 2 is 2.50 bits per heavy atom. The van der Waals surface area contributed by atoms with Crippen LogP contribution in [0.2, 0.25) is 0 Å². The summed E-state index contributed by atoms with van der Waals surface area (Å²) < 4.78 is 4.96. The molecule has 0 atom stereocenters. The molecule has 0 aliphatic rings. The van der Waals surface area contributed by atoms with Crippen LogP contribution in [0.5, 0.6) is 5.75 Å². The molecule has 2 nitrogen and oxygen atoms in total. The predicted octanol–water partition coefficient (Wildman–Crippen LogP) is 0.787. The topological polar surface area (TPSA) is 22.1 Å². The van der Waals surface area contributed by atoms with E-state index in [1.54, 1.807) is 24.3 Å². The van der Waals surface area contributed by atoms with Crippen molar-refractivity contribution < 1.29 is 20.0 Å². The first-order valence-electron chi connectivity index (χ1n) is 2.77. The molecule has 0 saturated carbocycles. The van der Waals surface area contributed by atoms with E-state index >= 15 is 0 Å². The van der Waals surface area contributed by atoms with Crippen LogP contribution in [-0.4, -0.2) is 17.1 Å². The summed E-state index contributed by atoms with van der Waals surface area (Å²) in [6, 6.07) is 3.60. The van der Waals surface area contributed by atoms with Gasteiger partial charge in [0.15, 0.2) is 0 Å². The maximum absolute atomic E-state index is 4.96. The van der Waals surface area contributed by atoms with E-state index < -0.39 is 0 Å². The number of nitrogens with zero attached hydrogens (tertiary/aromatic N) is 1. The van der Waals surface area contributed by atoms with Crippen molar-refractivity contribution in [2.75, 3.05) is 7.11 Å². The molecule has 0 radical (unpaired) electrons. The molecule has 0 unspecified atom stereocenters. The monoisotopic (exact) mass is 180 g/mol. The van der Waals surface area contributed by atoms with E-state index in [-0.39, 0.29) is 0 Å². The summed E-state index contributed by atoms with van der Waals surface area (Å²) in [6.07, 6.45) is 1.68. The molecular weight excluding hydrogens is 173 g/mol. The van der Waals surface area contributed by atoms with Crippen molar-refractivity contribution in [2.45, 2.75) is 0 Å². The summed E-state index contributed by atoms with van der Waals surface area (Å²) in [7, 11) is 1.62. The van der Waals surface area contributed by atoms with Crippen molar-refractivity contribution in [2.24, 2.45) is 0 Å². The Bertz CT molecular complexity index is 237. The third-order valence-electron chi connectivity index (χ3n) is 1.09. The average molecular weight is 180 g/mol. The van der Waals surface area contributed by atoms with Gasteiger partial charge in [0.1, 0.15) is 0 Å². The zero-order chi connectivity index (χ0) is 7.40. The van der Waals surface area contributed by atoms with E-state index in [4.69, 9.17) is 4.74 Å². The Labute approximate surface area is 67.4 Å². The van der Waals surface area contributed by atoms with E-state index in [1.807, 2.05) is 6.07 Å². The number of pyridine rings is 1. The molecule has 0 aliphatic carbocycles. The van der Waals surface area contributed by atoms with E-state index in [0.29, 0.717) is 0 Å². The molecule has 55 valence electrons. The molecule has 1 rings (SSSR count). The molecular formula is C7H7CoNO. The Balaban J connectivity index is 2.98. The SMILES string of the molecule is COc1ccnc([CH]=[Co])c1. The first kappa shape index (κ1) is 7.43. The predicted molar refractivity (Wildman–Crippen MR) is 36.0 cm³/mol. The molecule has 1 heterocycles. The fraction of sp³-hybridized carbons (Fsp3) is 0.143. The van der Waals surface area contributed by atoms with Crippen molar-refractivity contribution in [3.05, 3.63) is 24.0 Å². The fourth-order valence-electron chi connectivity index (χ4n) is 0.608. The molecule has 0 bridgehead atoms.